The molecule has 0 atom stereocenters. The molecule has 25 heavy (non-hydrogen) atoms. The normalized spacial score (nSPS) is 11.4. The first-order valence-corrected chi connectivity index (χ1v) is 7.59. The molecule has 0 unspecified atom stereocenters. The minimum Gasteiger partial charge on any atom is -0.383 e. The van der Waals surface area contributed by atoms with Gasteiger partial charge >= 0.3 is 0 Å². The van der Waals surface area contributed by atoms with Gasteiger partial charge in [-0.15, -0.1) is 5.10 Å². The number of hydrogen-bond donors (Lipinski definition) is 0. The lowest BCUT2D eigenvalue weighted by Gasteiger charge is -2.11. The van der Waals surface area contributed by atoms with Gasteiger partial charge in [-0.2, -0.15) is 4.68 Å². The van der Waals surface area contributed by atoms with Gasteiger partial charge in [0.05, 0.1) is 11.3 Å². The summed E-state index contributed by atoms with van der Waals surface area (Å²) in [6, 6.07) is 14.6. The average molecular weight is 337 g/mol. The van der Waals surface area contributed by atoms with Crippen molar-refractivity contribution in [1.29, 1.82) is 0 Å². The highest BCUT2D eigenvalue weighted by molar-refractivity contribution is 6.28. The standard InChI is InChI=1S/C18H16FN5O/c1-23(2)12-16(17(25)13-6-4-3-5-7-13)18-20-21-22-24(18)15-10-8-14(19)9-11-15/h3-12H,1-2H3/b16-12-. The fourth-order valence-corrected chi connectivity index (χ4v) is 2.33. The van der Waals surface area contributed by atoms with Gasteiger partial charge in [0.2, 0.25) is 0 Å². The lowest BCUT2D eigenvalue weighted by Crippen LogP contribution is -2.13. The first-order chi connectivity index (χ1) is 12.1. The van der Waals surface area contributed by atoms with Gasteiger partial charge in [-0.25, -0.2) is 4.39 Å². The van der Waals surface area contributed by atoms with Gasteiger partial charge in [0, 0.05) is 25.9 Å². The van der Waals surface area contributed by atoms with Crippen molar-refractivity contribution < 1.29 is 9.18 Å². The first-order valence-electron chi connectivity index (χ1n) is 7.59. The van der Waals surface area contributed by atoms with E-state index in [0.29, 0.717) is 16.8 Å². The van der Waals surface area contributed by atoms with Crippen LogP contribution in [0, 0.1) is 5.82 Å². The van der Waals surface area contributed by atoms with E-state index in [1.807, 2.05) is 20.2 Å². The van der Waals surface area contributed by atoms with Gasteiger partial charge in [0.1, 0.15) is 5.82 Å². The van der Waals surface area contributed by atoms with Crippen LogP contribution in [0.15, 0.2) is 60.8 Å². The van der Waals surface area contributed by atoms with E-state index in [1.54, 1.807) is 47.5 Å². The number of tetrazole rings is 1. The summed E-state index contributed by atoms with van der Waals surface area (Å²) in [6.45, 7) is 0. The van der Waals surface area contributed by atoms with E-state index in [2.05, 4.69) is 15.5 Å². The molecule has 3 aromatic rings. The minimum absolute atomic E-state index is 0.201. The van der Waals surface area contributed by atoms with Crippen LogP contribution in [-0.2, 0) is 0 Å². The third-order valence-corrected chi connectivity index (χ3v) is 3.45. The molecule has 0 aliphatic rings. The monoisotopic (exact) mass is 337 g/mol. The molecule has 0 amide bonds. The zero-order chi connectivity index (χ0) is 17.8. The van der Waals surface area contributed by atoms with E-state index in [0.717, 1.165) is 0 Å². The SMILES string of the molecule is CN(C)/C=C(/C(=O)c1ccccc1)c1nnnn1-c1ccc(F)cc1. The fourth-order valence-electron chi connectivity index (χ4n) is 2.33. The smallest absolute Gasteiger partial charge is 0.198 e. The summed E-state index contributed by atoms with van der Waals surface area (Å²) in [5.41, 5.74) is 1.43. The van der Waals surface area contributed by atoms with Crippen LogP contribution in [0.2, 0.25) is 0 Å². The van der Waals surface area contributed by atoms with Crippen molar-refractivity contribution >= 4 is 11.4 Å². The van der Waals surface area contributed by atoms with E-state index < -0.39 is 0 Å². The minimum atomic E-state index is -0.359. The highest BCUT2D eigenvalue weighted by Crippen LogP contribution is 2.20. The van der Waals surface area contributed by atoms with Crippen molar-refractivity contribution in [3.8, 4) is 5.69 Å². The number of Topliss-reactive ketones (excluding diaryl/α,β-unsaturated/α-hetero) is 1. The molecule has 1 heterocycles. The average Bonchev–Trinajstić information content (AvgIpc) is 3.10. The number of hydrogen-bond acceptors (Lipinski definition) is 5. The molecule has 0 spiro atoms. The summed E-state index contributed by atoms with van der Waals surface area (Å²) < 4.78 is 14.6. The van der Waals surface area contributed by atoms with Crippen molar-refractivity contribution in [2.75, 3.05) is 14.1 Å². The second kappa shape index (κ2) is 7.04. The molecule has 3 rings (SSSR count). The summed E-state index contributed by atoms with van der Waals surface area (Å²) in [5.74, 6) is -0.274. The summed E-state index contributed by atoms with van der Waals surface area (Å²) in [5, 5.41) is 11.6. The number of carbonyl (C=O) groups excluding carboxylic acids is 1. The Morgan fingerprint density at radius 2 is 1.76 bits per heavy atom. The van der Waals surface area contributed by atoms with Gasteiger partial charge < -0.3 is 4.90 Å². The quantitative estimate of drug-likeness (QED) is 0.529. The van der Waals surface area contributed by atoms with Crippen LogP contribution in [0.3, 0.4) is 0 Å². The third kappa shape index (κ3) is 3.60. The Morgan fingerprint density at radius 1 is 1.08 bits per heavy atom. The van der Waals surface area contributed by atoms with Gasteiger partial charge in [-0.05, 0) is 34.7 Å². The Kier molecular flexibility index (Phi) is 4.65. The molecular formula is C18H16FN5O. The summed E-state index contributed by atoms with van der Waals surface area (Å²) in [6.07, 6.45) is 1.67. The Labute approximate surface area is 144 Å². The topological polar surface area (TPSA) is 63.9 Å². The lowest BCUT2D eigenvalue weighted by molar-refractivity contribution is 0.105. The lowest BCUT2D eigenvalue weighted by atomic mass is 10.0. The van der Waals surface area contributed by atoms with E-state index in [4.69, 9.17) is 0 Å². The van der Waals surface area contributed by atoms with Crippen molar-refractivity contribution in [2.24, 2.45) is 0 Å². The zero-order valence-electron chi connectivity index (χ0n) is 13.8. The number of carbonyl (C=O) groups is 1. The first kappa shape index (κ1) is 16.5. The van der Waals surface area contributed by atoms with Crippen molar-refractivity contribution in [3.05, 3.63) is 78.0 Å². The molecule has 126 valence electrons. The number of allylic oxidation sites excluding steroid dienone is 1. The van der Waals surface area contributed by atoms with Crippen LogP contribution >= 0.6 is 0 Å². The Morgan fingerprint density at radius 3 is 2.40 bits per heavy atom. The second-order valence-electron chi connectivity index (χ2n) is 5.59. The molecule has 0 fully saturated rings. The Hall–Kier alpha value is -3.35. The molecule has 0 saturated heterocycles. The molecule has 0 radical (unpaired) electrons. The summed E-state index contributed by atoms with van der Waals surface area (Å²) in [4.78, 5) is 14.7. The number of nitrogens with zero attached hydrogens (tertiary/aromatic N) is 5. The molecule has 6 nitrogen and oxygen atoms in total. The van der Waals surface area contributed by atoms with Gasteiger partial charge in [0.25, 0.3) is 0 Å². The van der Waals surface area contributed by atoms with E-state index in [-0.39, 0.29) is 17.4 Å². The molecule has 0 N–H and O–H groups in total. The number of ketones is 1. The molecule has 0 saturated carbocycles. The van der Waals surface area contributed by atoms with Crippen LogP contribution in [-0.4, -0.2) is 45.0 Å². The predicted octanol–water partition coefficient (Wildman–Crippen LogP) is 2.59. The maximum atomic E-state index is 13.2. The van der Waals surface area contributed by atoms with Crippen LogP contribution in [0.1, 0.15) is 16.2 Å². The molecule has 0 aliphatic heterocycles. The van der Waals surface area contributed by atoms with E-state index in [9.17, 15) is 9.18 Å². The molecule has 0 aliphatic carbocycles. The number of halogens is 1. The fraction of sp³-hybridized carbons (Fsp3) is 0.111. The number of aromatic nitrogens is 4. The molecule has 2 aromatic carbocycles. The maximum Gasteiger partial charge on any atom is 0.198 e. The van der Waals surface area contributed by atoms with Crippen molar-refractivity contribution in [2.45, 2.75) is 0 Å². The van der Waals surface area contributed by atoms with E-state index >= 15 is 0 Å². The van der Waals surface area contributed by atoms with Crippen LogP contribution in [0.4, 0.5) is 4.39 Å². The summed E-state index contributed by atoms with van der Waals surface area (Å²) in [7, 11) is 3.62. The Bertz CT molecular complexity index is 901. The number of benzene rings is 2. The summed E-state index contributed by atoms with van der Waals surface area (Å²) >= 11 is 0. The molecular weight excluding hydrogens is 321 g/mol. The van der Waals surface area contributed by atoms with Crippen molar-refractivity contribution in [3.63, 3.8) is 0 Å². The molecule has 1 aromatic heterocycles. The highest BCUT2D eigenvalue weighted by atomic mass is 19.1. The predicted molar refractivity (Wildman–Crippen MR) is 91.5 cm³/mol. The second-order valence-corrected chi connectivity index (χ2v) is 5.59. The van der Waals surface area contributed by atoms with Gasteiger partial charge in [-0.3, -0.25) is 4.79 Å². The van der Waals surface area contributed by atoms with Crippen LogP contribution in [0.5, 0.6) is 0 Å². The van der Waals surface area contributed by atoms with Crippen LogP contribution < -0.4 is 0 Å². The zero-order valence-corrected chi connectivity index (χ0v) is 13.8. The van der Waals surface area contributed by atoms with Gasteiger partial charge in [-0.1, -0.05) is 30.3 Å². The van der Waals surface area contributed by atoms with Crippen LogP contribution in [0.25, 0.3) is 11.3 Å². The highest BCUT2D eigenvalue weighted by Gasteiger charge is 2.21. The Balaban J connectivity index is 2.09. The third-order valence-electron chi connectivity index (χ3n) is 3.45. The van der Waals surface area contributed by atoms with Crippen molar-refractivity contribution in [1.82, 2.24) is 25.1 Å². The largest absolute Gasteiger partial charge is 0.383 e. The van der Waals surface area contributed by atoms with Gasteiger partial charge in [0.15, 0.2) is 11.6 Å². The maximum absolute atomic E-state index is 13.2. The number of rotatable bonds is 5. The molecule has 7 heteroatoms. The molecule has 0 bridgehead atoms. The van der Waals surface area contributed by atoms with E-state index in [1.165, 1.54) is 16.8 Å².